The number of carboxylic acids is 1. The maximum absolute atomic E-state index is 11.1. The van der Waals surface area contributed by atoms with E-state index >= 15 is 0 Å². The number of imidazole rings is 1. The molecule has 1 aliphatic carbocycles. The van der Waals surface area contributed by atoms with Gasteiger partial charge in [0.25, 0.3) is 0 Å². The lowest BCUT2D eigenvalue weighted by atomic mass is 9.92. The Bertz CT molecular complexity index is 612. The third-order valence-corrected chi connectivity index (χ3v) is 3.77. The number of nitrogens with zero attached hydrogens (tertiary/aromatic N) is 2. The minimum atomic E-state index is -0.878. The monoisotopic (exact) mass is 244 g/mol. The Morgan fingerprint density at radius 3 is 2.83 bits per heavy atom. The molecule has 0 aliphatic heterocycles. The van der Waals surface area contributed by atoms with Crippen LogP contribution in [-0.2, 0) is 6.42 Å². The first-order chi connectivity index (χ1) is 8.70. The molecule has 1 saturated carbocycles. The average Bonchev–Trinajstić information content (AvgIpc) is 2.65. The lowest BCUT2D eigenvalue weighted by Crippen LogP contribution is -2.19. The van der Waals surface area contributed by atoms with Gasteiger partial charge in [-0.3, -0.25) is 0 Å². The van der Waals surface area contributed by atoms with Crippen molar-refractivity contribution in [3.05, 3.63) is 29.6 Å². The van der Waals surface area contributed by atoms with E-state index in [-0.39, 0.29) is 0 Å². The van der Waals surface area contributed by atoms with Crippen molar-refractivity contribution in [2.45, 2.75) is 38.6 Å². The average molecular weight is 244 g/mol. The zero-order chi connectivity index (χ0) is 12.7. The topological polar surface area (TPSA) is 55.1 Å². The Morgan fingerprint density at radius 2 is 2.28 bits per heavy atom. The van der Waals surface area contributed by atoms with Crippen molar-refractivity contribution >= 4 is 17.0 Å². The number of fused-ring (bicyclic) bond motifs is 1. The molecule has 3 rings (SSSR count). The molecule has 0 amide bonds. The first-order valence-corrected chi connectivity index (χ1v) is 6.45. The highest BCUT2D eigenvalue weighted by molar-refractivity contribution is 5.92. The first kappa shape index (κ1) is 11.3. The lowest BCUT2D eigenvalue weighted by Gasteiger charge is -2.29. The summed E-state index contributed by atoms with van der Waals surface area (Å²) >= 11 is 0. The standard InChI is InChI=1S/C14H16N2O2/c1-2-13-15-11-7-6-9(14(17)18)8-12(11)16(13)10-4-3-5-10/h6-8,10H,2-5H2,1H3,(H,17,18). The van der Waals surface area contributed by atoms with Gasteiger partial charge < -0.3 is 9.67 Å². The summed E-state index contributed by atoms with van der Waals surface area (Å²) in [6.07, 6.45) is 4.49. The fraction of sp³-hybridized carbons (Fsp3) is 0.429. The summed E-state index contributed by atoms with van der Waals surface area (Å²) in [6.45, 7) is 2.09. The van der Waals surface area contributed by atoms with Gasteiger partial charge in [0.2, 0.25) is 0 Å². The van der Waals surface area contributed by atoms with Crippen LogP contribution in [-0.4, -0.2) is 20.6 Å². The fourth-order valence-corrected chi connectivity index (χ4v) is 2.58. The van der Waals surface area contributed by atoms with Crippen molar-refractivity contribution in [1.29, 1.82) is 0 Å². The van der Waals surface area contributed by atoms with Crippen LogP contribution >= 0.6 is 0 Å². The molecule has 0 bridgehead atoms. The second kappa shape index (κ2) is 4.12. The molecule has 0 saturated heterocycles. The van der Waals surface area contributed by atoms with Crippen molar-refractivity contribution in [3.8, 4) is 0 Å². The van der Waals surface area contributed by atoms with Gasteiger partial charge in [-0.1, -0.05) is 6.92 Å². The Balaban J connectivity index is 2.21. The van der Waals surface area contributed by atoms with E-state index in [0.717, 1.165) is 23.3 Å². The van der Waals surface area contributed by atoms with Gasteiger partial charge in [0.1, 0.15) is 5.82 Å². The highest BCUT2D eigenvalue weighted by atomic mass is 16.4. The van der Waals surface area contributed by atoms with Crippen molar-refractivity contribution in [2.24, 2.45) is 0 Å². The third-order valence-electron chi connectivity index (χ3n) is 3.77. The quantitative estimate of drug-likeness (QED) is 0.902. The van der Waals surface area contributed by atoms with Crippen LogP contribution in [0.5, 0.6) is 0 Å². The number of hydrogen-bond acceptors (Lipinski definition) is 2. The van der Waals surface area contributed by atoms with Crippen LogP contribution in [0.3, 0.4) is 0 Å². The first-order valence-electron chi connectivity index (χ1n) is 6.45. The predicted octanol–water partition coefficient (Wildman–Crippen LogP) is 3.02. The van der Waals surface area contributed by atoms with E-state index in [0.29, 0.717) is 11.6 Å². The summed E-state index contributed by atoms with van der Waals surface area (Å²) in [5.41, 5.74) is 2.21. The summed E-state index contributed by atoms with van der Waals surface area (Å²) in [4.78, 5) is 15.7. The normalized spacial score (nSPS) is 15.8. The van der Waals surface area contributed by atoms with Gasteiger partial charge in [-0.05, 0) is 37.5 Å². The minimum absolute atomic E-state index is 0.339. The molecule has 0 spiro atoms. The van der Waals surface area contributed by atoms with Gasteiger partial charge in [-0.2, -0.15) is 0 Å². The lowest BCUT2D eigenvalue weighted by molar-refractivity contribution is 0.0697. The molecule has 0 radical (unpaired) electrons. The second-order valence-electron chi connectivity index (χ2n) is 4.84. The Kier molecular flexibility index (Phi) is 2.58. The molecule has 4 heteroatoms. The van der Waals surface area contributed by atoms with Gasteiger partial charge in [0, 0.05) is 12.5 Å². The molecule has 1 N–H and O–H groups in total. The van der Waals surface area contributed by atoms with Crippen LogP contribution in [0.15, 0.2) is 18.2 Å². The Morgan fingerprint density at radius 1 is 1.50 bits per heavy atom. The van der Waals surface area contributed by atoms with Crippen molar-refractivity contribution in [3.63, 3.8) is 0 Å². The number of rotatable bonds is 3. The number of aromatic carboxylic acids is 1. The number of aromatic nitrogens is 2. The van der Waals surface area contributed by atoms with Gasteiger partial charge >= 0.3 is 5.97 Å². The summed E-state index contributed by atoms with van der Waals surface area (Å²) in [5, 5.41) is 9.08. The number of carboxylic acid groups (broad SMARTS) is 1. The van der Waals surface area contributed by atoms with Crippen LogP contribution < -0.4 is 0 Å². The number of aryl methyl sites for hydroxylation is 1. The Hall–Kier alpha value is -1.84. The van der Waals surface area contributed by atoms with E-state index < -0.39 is 5.97 Å². The summed E-state index contributed by atoms with van der Waals surface area (Å²) in [5.74, 6) is 0.188. The van der Waals surface area contributed by atoms with Crippen molar-refractivity contribution in [2.75, 3.05) is 0 Å². The maximum Gasteiger partial charge on any atom is 0.335 e. The molecule has 0 atom stereocenters. The van der Waals surface area contributed by atoms with E-state index in [1.807, 2.05) is 6.07 Å². The smallest absolute Gasteiger partial charge is 0.335 e. The van der Waals surface area contributed by atoms with E-state index in [2.05, 4.69) is 16.5 Å². The van der Waals surface area contributed by atoms with Crippen LogP contribution in [0.4, 0.5) is 0 Å². The predicted molar refractivity (Wildman–Crippen MR) is 69.0 cm³/mol. The van der Waals surface area contributed by atoms with Gasteiger partial charge in [0.15, 0.2) is 0 Å². The van der Waals surface area contributed by atoms with E-state index in [9.17, 15) is 4.79 Å². The van der Waals surface area contributed by atoms with Crippen LogP contribution in [0, 0.1) is 0 Å². The number of benzene rings is 1. The zero-order valence-electron chi connectivity index (χ0n) is 10.4. The number of hydrogen-bond donors (Lipinski definition) is 1. The molecule has 0 unspecified atom stereocenters. The van der Waals surface area contributed by atoms with Crippen LogP contribution in [0.1, 0.15) is 48.4 Å². The summed E-state index contributed by atoms with van der Waals surface area (Å²) in [6, 6.07) is 5.70. The molecule has 94 valence electrons. The minimum Gasteiger partial charge on any atom is -0.478 e. The van der Waals surface area contributed by atoms with Crippen molar-refractivity contribution in [1.82, 2.24) is 9.55 Å². The maximum atomic E-state index is 11.1. The molecule has 1 aromatic heterocycles. The molecule has 1 fully saturated rings. The van der Waals surface area contributed by atoms with Crippen molar-refractivity contribution < 1.29 is 9.90 Å². The Labute approximate surface area is 105 Å². The van der Waals surface area contributed by atoms with Gasteiger partial charge in [-0.15, -0.1) is 0 Å². The van der Waals surface area contributed by atoms with Gasteiger partial charge in [0.05, 0.1) is 16.6 Å². The third kappa shape index (κ3) is 1.60. The molecule has 1 aromatic carbocycles. The molecule has 1 heterocycles. The van der Waals surface area contributed by atoms with E-state index in [1.54, 1.807) is 12.1 Å². The second-order valence-corrected chi connectivity index (χ2v) is 4.84. The zero-order valence-corrected chi connectivity index (χ0v) is 10.4. The van der Waals surface area contributed by atoms with Crippen LogP contribution in [0.25, 0.3) is 11.0 Å². The fourth-order valence-electron chi connectivity index (χ4n) is 2.58. The molecule has 18 heavy (non-hydrogen) atoms. The molecule has 1 aliphatic rings. The highest BCUT2D eigenvalue weighted by Crippen LogP contribution is 2.35. The van der Waals surface area contributed by atoms with E-state index in [1.165, 1.54) is 19.3 Å². The largest absolute Gasteiger partial charge is 0.478 e. The van der Waals surface area contributed by atoms with Crippen LogP contribution in [0.2, 0.25) is 0 Å². The molecule has 2 aromatic rings. The summed E-state index contributed by atoms with van der Waals surface area (Å²) in [7, 11) is 0. The summed E-state index contributed by atoms with van der Waals surface area (Å²) < 4.78 is 2.24. The molecular formula is C14H16N2O2. The SMILES string of the molecule is CCc1nc2ccc(C(=O)O)cc2n1C1CCC1. The van der Waals surface area contributed by atoms with E-state index in [4.69, 9.17) is 5.11 Å². The van der Waals surface area contributed by atoms with Gasteiger partial charge in [-0.25, -0.2) is 9.78 Å². The molecule has 4 nitrogen and oxygen atoms in total. The molecular weight excluding hydrogens is 228 g/mol. The number of carbonyl (C=O) groups is 1. The highest BCUT2D eigenvalue weighted by Gasteiger charge is 2.24.